The van der Waals surface area contributed by atoms with Gasteiger partial charge in [-0.15, -0.1) is 0 Å². The Bertz CT molecular complexity index is 2430. The molecule has 0 atom stereocenters. The predicted molar refractivity (Wildman–Crippen MR) is 207 cm³/mol. The topological polar surface area (TPSA) is 138 Å². The summed E-state index contributed by atoms with van der Waals surface area (Å²) in [6.07, 6.45) is -10.4. The quantitative estimate of drug-likeness (QED) is 0.0760. The Kier molecular flexibility index (Phi) is 12.8. The van der Waals surface area contributed by atoms with Crippen molar-refractivity contribution < 1.29 is 63.8 Å². The number of alkyl halides is 6. The fourth-order valence-corrected chi connectivity index (χ4v) is 7.48. The fourth-order valence-electron chi connectivity index (χ4n) is 7.17. The van der Waals surface area contributed by atoms with E-state index in [2.05, 4.69) is 5.32 Å². The predicted octanol–water partition coefficient (Wildman–Crippen LogP) is 10.3. The highest BCUT2D eigenvalue weighted by molar-refractivity contribution is 7.39. The molecule has 0 radical (unpaired) electrons. The number of halogens is 8. The lowest BCUT2D eigenvalue weighted by Gasteiger charge is -2.33. The summed E-state index contributed by atoms with van der Waals surface area (Å²) < 4.78 is 127. The molecule has 0 spiro atoms. The van der Waals surface area contributed by atoms with Crippen LogP contribution in [0.1, 0.15) is 72.3 Å². The van der Waals surface area contributed by atoms with Crippen LogP contribution in [0, 0.1) is 11.6 Å². The molecule has 2 heterocycles. The van der Waals surface area contributed by atoms with E-state index in [1.807, 2.05) is 37.4 Å². The number of alkyl carbamates (subject to hydrolysis) is 1. The molecule has 1 aliphatic heterocycles. The highest BCUT2D eigenvalue weighted by atomic mass is 31.2. The molecule has 20 heteroatoms. The molecular formula is C41H38F8N5O6P. The average Bonchev–Trinajstić information content (AvgIpc) is 3.67. The number of nitrogens with zero attached hydrogens (tertiary/aromatic N) is 3. The molecule has 3 amide bonds. The molecule has 4 aromatic carbocycles. The standard InChI is InChI=1S/C41H38F8N5O6P/c1-5-23-8-7-9-24(6-2)34(23)54-35(29-20-53(39(3,4)36(29)52-54)19-25-12-13-26(40(44,45)46)16-30(25)41(47,48)49)28-17-32(43)33(18-31(28)42)50-37(55)51-38(56)59-21-22-10-14-27(15-11-22)60-61(57)58/h7-18,57-58H,5-6,19-21H2,1-4H3,(H2,50,51,55,56). The van der Waals surface area contributed by atoms with E-state index in [-0.39, 0.29) is 36.2 Å². The highest BCUT2D eigenvalue weighted by Crippen LogP contribution is 2.47. The van der Waals surface area contributed by atoms with Crippen molar-refractivity contribution in [3.05, 3.63) is 129 Å². The fraction of sp³-hybridized carbons (Fsp3) is 0.293. The Morgan fingerprint density at radius 2 is 1.52 bits per heavy atom. The van der Waals surface area contributed by atoms with Gasteiger partial charge < -0.3 is 24.4 Å². The van der Waals surface area contributed by atoms with Gasteiger partial charge in [-0.25, -0.2) is 28.4 Å². The number of fused-ring (bicyclic) bond motifs is 1. The van der Waals surface area contributed by atoms with Crippen LogP contribution in [-0.4, -0.2) is 36.6 Å². The third kappa shape index (κ3) is 9.64. The van der Waals surface area contributed by atoms with Gasteiger partial charge in [0.05, 0.1) is 39.4 Å². The van der Waals surface area contributed by atoms with Gasteiger partial charge in [-0.2, -0.15) is 31.4 Å². The number of para-hydroxylation sites is 1. The molecule has 0 saturated carbocycles. The number of benzene rings is 4. The Balaban J connectivity index is 1.32. The van der Waals surface area contributed by atoms with Crippen LogP contribution in [0.15, 0.2) is 72.8 Å². The van der Waals surface area contributed by atoms with E-state index in [4.69, 9.17) is 24.1 Å². The molecule has 5 aromatic rings. The molecule has 0 bridgehead atoms. The minimum absolute atomic E-state index is 0.0636. The van der Waals surface area contributed by atoms with Crippen molar-refractivity contribution in [3.8, 4) is 22.7 Å². The zero-order valence-electron chi connectivity index (χ0n) is 32.8. The third-order valence-electron chi connectivity index (χ3n) is 10.2. The van der Waals surface area contributed by atoms with Crippen molar-refractivity contribution in [3.63, 3.8) is 0 Å². The van der Waals surface area contributed by atoms with E-state index < -0.39 is 79.2 Å². The first-order chi connectivity index (χ1) is 28.6. The van der Waals surface area contributed by atoms with Crippen LogP contribution in [0.25, 0.3) is 16.9 Å². The number of urea groups is 1. The maximum absolute atomic E-state index is 16.5. The summed E-state index contributed by atoms with van der Waals surface area (Å²) in [5, 5.41) is 8.81. The molecule has 6 rings (SSSR count). The first-order valence-corrected chi connectivity index (χ1v) is 19.7. The molecule has 324 valence electrons. The van der Waals surface area contributed by atoms with Crippen LogP contribution in [0.3, 0.4) is 0 Å². The number of amides is 3. The van der Waals surface area contributed by atoms with Gasteiger partial charge in [-0.3, -0.25) is 4.90 Å². The van der Waals surface area contributed by atoms with Crippen molar-refractivity contribution in [2.75, 3.05) is 5.32 Å². The summed E-state index contributed by atoms with van der Waals surface area (Å²) >= 11 is 0. The van der Waals surface area contributed by atoms with Crippen molar-refractivity contribution in [1.82, 2.24) is 20.0 Å². The van der Waals surface area contributed by atoms with Gasteiger partial charge in [0.2, 0.25) is 0 Å². The monoisotopic (exact) mass is 879 g/mol. The number of rotatable bonds is 11. The summed E-state index contributed by atoms with van der Waals surface area (Å²) in [6.45, 7) is 6.14. The molecule has 11 nitrogen and oxygen atoms in total. The lowest BCUT2D eigenvalue weighted by molar-refractivity contribution is -0.143. The van der Waals surface area contributed by atoms with Gasteiger partial charge in [-0.05, 0) is 79.3 Å². The normalized spacial score (nSPS) is 14.0. The maximum atomic E-state index is 16.5. The van der Waals surface area contributed by atoms with E-state index in [0.717, 1.165) is 23.3 Å². The largest absolute Gasteiger partial charge is 0.444 e. The minimum atomic E-state index is -5.12. The number of hydrogen-bond acceptors (Lipinski definition) is 8. The number of anilines is 1. The Labute approximate surface area is 344 Å². The Hall–Kier alpha value is -5.62. The second-order valence-electron chi connectivity index (χ2n) is 14.5. The number of ether oxygens (including phenoxy) is 1. The van der Waals surface area contributed by atoms with Crippen LogP contribution in [0.2, 0.25) is 0 Å². The zero-order chi connectivity index (χ0) is 44.6. The van der Waals surface area contributed by atoms with E-state index >= 15 is 8.78 Å². The van der Waals surface area contributed by atoms with Crippen molar-refractivity contribution in [2.24, 2.45) is 0 Å². The smallest absolute Gasteiger partial charge is 0.416 e. The number of aromatic nitrogens is 2. The van der Waals surface area contributed by atoms with Crippen LogP contribution in [-0.2, 0) is 55.2 Å². The number of imide groups is 1. The van der Waals surface area contributed by atoms with Gasteiger partial charge in [0.15, 0.2) is 0 Å². The van der Waals surface area contributed by atoms with Gasteiger partial charge in [0.25, 0.3) is 0 Å². The lowest BCUT2D eigenvalue weighted by atomic mass is 9.97. The van der Waals surface area contributed by atoms with Gasteiger partial charge in [0.1, 0.15) is 24.0 Å². The van der Waals surface area contributed by atoms with Crippen molar-refractivity contribution >= 4 is 26.4 Å². The van der Waals surface area contributed by atoms with Crippen LogP contribution in [0.4, 0.5) is 50.4 Å². The zero-order valence-corrected chi connectivity index (χ0v) is 33.7. The summed E-state index contributed by atoms with van der Waals surface area (Å²) in [6, 6.07) is 12.9. The first-order valence-electron chi connectivity index (χ1n) is 18.6. The number of hydrogen-bond donors (Lipinski definition) is 4. The van der Waals surface area contributed by atoms with Gasteiger partial charge in [-0.1, -0.05) is 50.2 Å². The van der Waals surface area contributed by atoms with Crippen LogP contribution in [0.5, 0.6) is 5.75 Å². The van der Waals surface area contributed by atoms with E-state index in [1.54, 1.807) is 18.7 Å². The number of nitrogens with one attached hydrogen (secondary N) is 2. The number of carbonyl (C=O) groups excluding carboxylic acids is 2. The third-order valence-corrected chi connectivity index (χ3v) is 10.6. The van der Waals surface area contributed by atoms with Crippen molar-refractivity contribution in [2.45, 2.75) is 78.1 Å². The van der Waals surface area contributed by atoms with Crippen molar-refractivity contribution in [1.29, 1.82) is 0 Å². The van der Waals surface area contributed by atoms with E-state index in [0.29, 0.717) is 47.5 Å². The molecule has 0 aliphatic carbocycles. The van der Waals surface area contributed by atoms with Crippen LogP contribution < -0.4 is 15.2 Å². The molecule has 4 N–H and O–H groups in total. The second kappa shape index (κ2) is 17.4. The summed E-state index contributed by atoms with van der Waals surface area (Å²) in [7, 11) is -2.64. The van der Waals surface area contributed by atoms with Crippen LogP contribution >= 0.6 is 8.60 Å². The lowest BCUT2D eigenvalue weighted by Crippen LogP contribution is -2.36. The summed E-state index contributed by atoms with van der Waals surface area (Å²) in [5.74, 6) is -2.04. The number of carbonyl (C=O) groups is 2. The van der Waals surface area contributed by atoms with E-state index in [1.165, 1.54) is 28.9 Å². The Morgan fingerprint density at radius 1 is 0.869 bits per heavy atom. The average molecular weight is 880 g/mol. The molecule has 61 heavy (non-hydrogen) atoms. The molecule has 0 unspecified atom stereocenters. The molecular weight excluding hydrogens is 841 g/mol. The maximum Gasteiger partial charge on any atom is 0.416 e. The Morgan fingerprint density at radius 3 is 2.11 bits per heavy atom. The SMILES string of the molecule is CCc1cccc(CC)c1-n1nc2c(c1-c1cc(F)c(NC(=O)NC(=O)OCc3ccc(OP(O)O)cc3)cc1F)CN(Cc1ccc(C(F)(F)F)cc1C(F)(F)F)C2(C)C. The first kappa shape index (κ1) is 44.9. The second-order valence-corrected chi connectivity index (χ2v) is 15.1. The summed E-state index contributed by atoms with van der Waals surface area (Å²) in [4.78, 5) is 44.5. The van der Waals surface area contributed by atoms with Gasteiger partial charge >= 0.3 is 33.1 Å². The highest BCUT2D eigenvalue weighted by Gasteiger charge is 2.45. The molecule has 1 aliphatic rings. The summed E-state index contributed by atoms with van der Waals surface area (Å²) in [5.41, 5.74) is -2.21. The van der Waals surface area contributed by atoms with E-state index in [9.17, 15) is 35.9 Å². The molecule has 0 saturated heterocycles. The molecule has 1 aromatic heterocycles. The molecule has 0 fully saturated rings. The van der Waals surface area contributed by atoms with Gasteiger partial charge in [0, 0.05) is 30.3 Å². The minimum Gasteiger partial charge on any atom is -0.444 e. The number of aryl methyl sites for hydroxylation is 2.